The van der Waals surface area contributed by atoms with Gasteiger partial charge in [-0.05, 0) is 18.6 Å². The summed E-state index contributed by atoms with van der Waals surface area (Å²) in [5, 5.41) is 0. The zero-order chi connectivity index (χ0) is 15.0. The average molecular weight is 284 g/mol. The molecule has 0 unspecified atom stereocenters. The van der Waals surface area contributed by atoms with Gasteiger partial charge in [0, 0.05) is 5.41 Å². The molecule has 21 heavy (non-hydrogen) atoms. The van der Waals surface area contributed by atoms with E-state index in [4.69, 9.17) is 9.73 Å². The maximum Gasteiger partial charge on any atom is 0.433 e. The van der Waals surface area contributed by atoms with Gasteiger partial charge >= 0.3 is 6.02 Å². The zero-order valence-electron chi connectivity index (χ0n) is 13.1. The molecule has 0 spiro atoms. The second kappa shape index (κ2) is 5.02. The van der Waals surface area contributed by atoms with Crippen LogP contribution < -0.4 is 4.57 Å². The Morgan fingerprint density at radius 2 is 2.05 bits per heavy atom. The van der Waals surface area contributed by atoms with Gasteiger partial charge < -0.3 is 4.74 Å². The molecular formula is C17H22N3O+. The molecule has 1 aliphatic heterocycles. The van der Waals surface area contributed by atoms with Crippen LogP contribution in [0.5, 0.6) is 0 Å². The molecular weight excluding hydrogens is 262 g/mol. The number of para-hydroxylation sites is 1. The van der Waals surface area contributed by atoms with Crippen molar-refractivity contribution in [2.75, 3.05) is 6.61 Å². The Bertz CT molecular complexity index is 679. The first-order valence-corrected chi connectivity index (χ1v) is 7.31. The molecule has 0 N–H and O–H groups in total. The zero-order valence-corrected chi connectivity index (χ0v) is 13.1. The Labute approximate surface area is 125 Å². The number of hydrogen-bond donors (Lipinski definition) is 0. The lowest BCUT2D eigenvalue weighted by Gasteiger charge is -2.18. The summed E-state index contributed by atoms with van der Waals surface area (Å²) >= 11 is 0. The molecule has 2 aromatic rings. The van der Waals surface area contributed by atoms with E-state index in [2.05, 4.69) is 50.5 Å². The van der Waals surface area contributed by atoms with Crippen LogP contribution in [0.15, 0.2) is 48.0 Å². The molecule has 1 aromatic carbocycles. The Morgan fingerprint density at radius 1 is 1.29 bits per heavy atom. The van der Waals surface area contributed by atoms with Crippen LogP contribution in [0.1, 0.15) is 26.3 Å². The minimum Gasteiger partial charge on any atom is -0.437 e. The first kappa shape index (κ1) is 13.9. The van der Waals surface area contributed by atoms with Gasteiger partial charge in [-0.25, -0.2) is 4.57 Å². The quantitative estimate of drug-likeness (QED) is 0.741. The molecule has 1 atom stereocenters. The second-order valence-corrected chi connectivity index (χ2v) is 6.62. The molecule has 110 valence electrons. The Balaban J connectivity index is 1.88. The summed E-state index contributed by atoms with van der Waals surface area (Å²) in [4.78, 5) is 4.70. The van der Waals surface area contributed by atoms with Crippen LogP contribution in [-0.2, 0) is 4.74 Å². The van der Waals surface area contributed by atoms with Crippen molar-refractivity contribution in [1.29, 1.82) is 0 Å². The number of aromatic nitrogens is 2. The first-order chi connectivity index (χ1) is 9.95. The van der Waals surface area contributed by atoms with Gasteiger partial charge in [0.15, 0.2) is 6.04 Å². The first-order valence-electron chi connectivity index (χ1n) is 7.31. The number of rotatable bonds is 1. The molecule has 4 heteroatoms. The summed E-state index contributed by atoms with van der Waals surface area (Å²) in [5.74, 6) is 0. The van der Waals surface area contributed by atoms with Crippen molar-refractivity contribution in [3.05, 3.63) is 48.5 Å². The highest BCUT2D eigenvalue weighted by molar-refractivity contribution is 5.66. The van der Waals surface area contributed by atoms with Crippen molar-refractivity contribution in [2.24, 2.45) is 10.4 Å². The number of aliphatic imine (C=N–C) groups is 1. The van der Waals surface area contributed by atoms with E-state index in [1.54, 1.807) is 0 Å². The maximum atomic E-state index is 5.76. The third-order valence-corrected chi connectivity index (χ3v) is 3.89. The highest BCUT2D eigenvalue weighted by atomic mass is 16.5. The molecule has 2 heterocycles. The van der Waals surface area contributed by atoms with Crippen molar-refractivity contribution in [3.63, 3.8) is 0 Å². The van der Waals surface area contributed by atoms with Gasteiger partial charge in [0.05, 0.1) is 6.20 Å². The largest absolute Gasteiger partial charge is 0.437 e. The third kappa shape index (κ3) is 2.71. The molecule has 0 amide bonds. The number of ether oxygens (including phenoxy) is 1. The van der Waals surface area contributed by atoms with Gasteiger partial charge in [-0.3, -0.25) is 0 Å². The van der Waals surface area contributed by atoms with Gasteiger partial charge in [0.25, 0.3) is 0 Å². The minimum absolute atomic E-state index is 0.126. The Kier molecular flexibility index (Phi) is 3.32. The third-order valence-electron chi connectivity index (χ3n) is 3.89. The van der Waals surface area contributed by atoms with E-state index in [1.807, 2.05) is 29.4 Å². The maximum absolute atomic E-state index is 5.76. The summed E-state index contributed by atoms with van der Waals surface area (Å²) in [7, 11) is 0. The summed E-state index contributed by atoms with van der Waals surface area (Å²) in [6.45, 7) is 9.34. The molecule has 0 saturated heterocycles. The van der Waals surface area contributed by atoms with Crippen LogP contribution in [0.25, 0.3) is 5.69 Å². The summed E-state index contributed by atoms with van der Waals surface area (Å²) in [6, 6.07) is 9.21. The molecule has 4 nitrogen and oxygen atoms in total. The molecule has 0 bridgehead atoms. The highest BCUT2D eigenvalue weighted by Gasteiger charge is 2.36. The molecule has 0 fully saturated rings. The lowest BCUT2D eigenvalue weighted by atomic mass is 9.88. The lowest BCUT2D eigenvalue weighted by molar-refractivity contribution is -0.569. The monoisotopic (exact) mass is 284 g/mol. The van der Waals surface area contributed by atoms with Crippen LogP contribution in [-0.4, -0.2) is 23.2 Å². The predicted molar refractivity (Wildman–Crippen MR) is 82.7 cm³/mol. The average Bonchev–Trinajstić information content (AvgIpc) is 3.07. The fourth-order valence-electron chi connectivity index (χ4n) is 2.41. The standard InChI is InChI=1S/C17H22N3O/c1-13-7-5-6-8-14(13)19-9-10-20(12-19)16-18-15(11-21-16)17(2,3)4/h5-10,12,15H,11H2,1-4H3/q+1/t15-/m1/s1. The van der Waals surface area contributed by atoms with E-state index in [-0.39, 0.29) is 11.5 Å². The van der Waals surface area contributed by atoms with E-state index < -0.39 is 0 Å². The van der Waals surface area contributed by atoms with E-state index in [0.717, 1.165) is 0 Å². The van der Waals surface area contributed by atoms with Crippen molar-refractivity contribution >= 4 is 6.02 Å². The van der Waals surface area contributed by atoms with Crippen LogP contribution >= 0.6 is 0 Å². The Hall–Kier alpha value is -2.10. The van der Waals surface area contributed by atoms with E-state index in [0.29, 0.717) is 12.6 Å². The van der Waals surface area contributed by atoms with E-state index >= 15 is 0 Å². The van der Waals surface area contributed by atoms with Crippen molar-refractivity contribution < 1.29 is 9.30 Å². The van der Waals surface area contributed by atoms with Gasteiger partial charge in [-0.1, -0.05) is 39.0 Å². The summed E-state index contributed by atoms with van der Waals surface area (Å²) < 4.78 is 9.79. The summed E-state index contributed by atoms with van der Waals surface area (Å²) in [6.07, 6.45) is 6.02. The molecule has 0 radical (unpaired) electrons. The highest BCUT2D eigenvalue weighted by Crippen LogP contribution is 2.25. The molecule has 1 aliphatic rings. The van der Waals surface area contributed by atoms with Crippen LogP contribution in [0.4, 0.5) is 0 Å². The van der Waals surface area contributed by atoms with Crippen LogP contribution in [0.2, 0.25) is 0 Å². The SMILES string of the molecule is Cc1ccccc1-n1cc[n+](C2=N[C@@H](C(C)(C)C)CO2)c1. The molecule has 1 aromatic heterocycles. The fourth-order valence-corrected chi connectivity index (χ4v) is 2.41. The van der Waals surface area contributed by atoms with Crippen molar-refractivity contribution in [1.82, 2.24) is 4.57 Å². The predicted octanol–water partition coefficient (Wildman–Crippen LogP) is 2.72. The van der Waals surface area contributed by atoms with E-state index in [9.17, 15) is 0 Å². The van der Waals surface area contributed by atoms with Crippen molar-refractivity contribution in [2.45, 2.75) is 33.7 Å². The van der Waals surface area contributed by atoms with Gasteiger partial charge in [0.2, 0.25) is 6.33 Å². The number of aryl methyl sites for hydroxylation is 1. The van der Waals surface area contributed by atoms with Crippen LogP contribution in [0.3, 0.4) is 0 Å². The van der Waals surface area contributed by atoms with Crippen LogP contribution in [0, 0.1) is 12.3 Å². The minimum atomic E-state index is 0.126. The number of imidazole rings is 1. The number of benzene rings is 1. The summed E-state index contributed by atoms with van der Waals surface area (Å²) in [5.41, 5.74) is 2.53. The Morgan fingerprint density at radius 3 is 2.71 bits per heavy atom. The van der Waals surface area contributed by atoms with Gasteiger partial charge in [-0.2, -0.15) is 4.57 Å². The fraction of sp³-hybridized carbons (Fsp3) is 0.412. The topological polar surface area (TPSA) is 30.4 Å². The molecule has 0 saturated carbocycles. The molecule has 3 rings (SSSR count). The van der Waals surface area contributed by atoms with E-state index in [1.165, 1.54) is 11.3 Å². The normalized spacial score (nSPS) is 18.5. The van der Waals surface area contributed by atoms with Gasteiger partial charge in [0.1, 0.15) is 18.5 Å². The number of hydrogen-bond acceptors (Lipinski definition) is 2. The molecule has 0 aliphatic carbocycles. The van der Waals surface area contributed by atoms with Crippen molar-refractivity contribution in [3.8, 4) is 5.69 Å². The number of nitrogens with zero attached hydrogens (tertiary/aromatic N) is 3. The lowest BCUT2D eigenvalue weighted by Crippen LogP contribution is -2.41. The smallest absolute Gasteiger partial charge is 0.433 e. The van der Waals surface area contributed by atoms with Gasteiger partial charge in [-0.15, -0.1) is 4.99 Å². The second-order valence-electron chi connectivity index (χ2n) is 6.62.